The highest BCUT2D eigenvalue weighted by atomic mass is 35.5. The normalized spacial score (nSPS) is 24.2. The lowest BCUT2D eigenvalue weighted by Crippen LogP contribution is -2.39. The summed E-state index contributed by atoms with van der Waals surface area (Å²) in [6.07, 6.45) is 5.01. The Morgan fingerprint density at radius 1 is 1.33 bits per heavy atom. The number of halogens is 2. The highest BCUT2D eigenvalue weighted by Crippen LogP contribution is 2.25. The van der Waals surface area contributed by atoms with E-state index in [1.807, 2.05) is 13.0 Å². The molecule has 0 aromatic heterocycles. The molecule has 1 aliphatic rings. The Kier molecular flexibility index (Phi) is 5.02. The summed E-state index contributed by atoms with van der Waals surface area (Å²) in [5, 5.41) is 3.59. The number of hydrogen-bond acceptors (Lipinski definition) is 1. The average molecular weight is 270 g/mol. The van der Waals surface area contributed by atoms with Crippen LogP contribution in [-0.4, -0.2) is 11.9 Å². The van der Waals surface area contributed by atoms with Gasteiger partial charge in [-0.3, -0.25) is 0 Å². The fourth-order valence-electron chi connectivity index (χ4n) is 2.76. The zero-order valence-electron chi connectivity index (χ0n) is 10.9. The van der Waals surface area contributed by atoms with E-state index in [-0.39, 0.29) is 5.82 Å². The van der Waals surface area contributed by atoms with Crippen LogP contribution in [0.25, 0.3) is 0 Å². The van der Waals surface area contributed by atoms with E-state index in [2.05, 4.69) is 5.32 Å². The number of benzene rings is 1. The Morgan fingerprint density at radius 3 is 2.83 bits per heavy atom. The highest BCUT2D eigenvalue weighted by Gasteiger charge is 2.23. The number of aryl methyl sites for hydroxylation is 1. The van der Waals surface area contributed by atoms with Gasteiger partial charge in [-0.1, -0.05) is 18.9 Å². The van der Waals surface area contributed by atoms with Crippen LogP contribution in [0.5, 0.6) is 0 Å². The molecule has 100 valence electrons. The Hall–Kier alpha value is -0.600. The summed E-state index contributed by atoms with van der Waals surface area (Å²) in [7, 11) is 0. The predicted octanol–water partition coefficient (Wildman–Crippen LogP) is 4.02. The number of hydrogen-bond donors (Lipinski definition) is 1. The lowest BCUT2D eigenvalue weighted by Gasteiger charge is -2.31. The van der Waals surface area contributed by atoms with Gasteiger partial charge in [0, 0.05) is 18.5 Å². The number of nitrogens with one attached hydrogen (secondary N) is 1. The van der Waals surface area contributed by atoms with Gasteiger partial charge in [0.2, 0.25) is 0 Å². The molecule has 0 amide bonds. The van der Waals surface area contributed by atoms with E-state index in [4.69, 9.17) is 11.6 Å². The molecule has 0 spiro atoms. The molecule has 18 heavy (non-hydrogen) atoms. The molecular weight excluding hydrogens is 249 g/mol. The lowest BCUT2D eigenvalue weighted by molar-refractivity contribution is 0.282. The fraction of sp³-hybridized carbons (Fsp3) is 0.600. The second-order valence-electron chi connectivity index (χ2n) is 5.26. The summed E-state index contributed by atoms with van der Waals surface area (Å²) in [5.41, 5.74) is 2.19. The summed E-state index contributed by atoms with van der Waals surface area (Å²) in [6, 6.07) is 5.51. The van der Waals surface area contributed by atoms with Crippen LogP contribution in [0.15, 0.2) is 18.2 Å². The Labute approximate surface area is 114 Å². The summed E-state index contributed by atoms with van der Waals surface area (Å²) in [5.74, 6) is 1.16. The molecule has 0 heterocycles. The smallest absolute Gasteiger partial charge is 0.123 e. The molecule has 1 N–H and O–H groups in total. The van der Waals surface area contributed by atoms with Gasteiger partial charge in [-0.05, 0) is 48.9 Å². The van der Waals surface area contributed by atoms with Crippen molar-refractivity contribution in [3.05, 3.63) is 35.1 Å². The molecule has 1 nitrogen and oxygen atoms in total. The van der Waals surface area contributed by atoms with E-state index < -0.39 is 0 Å². The quantitative estimate of drug-likeness (QED) is 0.814. The number of rotatable bonds is 4. The highest BCUT2D eigenvalue weighted by molar-refractivity contribution is 6.18. The first kappa shape index (κ1) is 13.8. The largest absolute Gasteiger partial charge is 0.310 e. The average Bonchev–Trinajstić information content (AvgIpc) is 2.38. The number of alkyl halides is 1. The maximum Gasteiger partial charge on any atom is 0.123 e. The van der Waals surface area contributed by atoms with E-state index in [0.29, 0.717) is 12.0 Å². The first-order valence-electron chi connectivity index (χ1n) is 6.75. The van der Waals surface area contributed by atoms with Gasteiger partial charge in [0.15, 0.2) is 0 Å². The molecule has 0 aliphatic heterocycles. The van der Waals surface area contributed by atoms with Crippen molar-refractivity contribution in [3.63, 3.8) is 0 Å². The van der Waals surface area contributed by atoms with Crippen LogP contribution in [-0.2, 0) is 6.54 Å². The second kappa shape index (κ2) is 6.53. The lowest BCUT2D eigenvalue weighted by atomic mass is 9.85. The standard InChI is InChI=1S/C15H21ClFN/c1-11-8-14(17)7-6-13(11)10-18-15-5-3-2-4-12(15)9-16/h6-8,12,15,18H,2-5,9-10H2,1H3. The molecule has 1 fully saturated rings. The van der Waals surface area contributed by atoms with Crippen molar-refractivity contribution in [2.24, 2.45) is 5.92 Å². The topological polar surface area (TPSA) is 12.0 Å². The van der Waals surface area contributed by atoms with E-state index in [9.17, 15) is 4.39 Å². The van der Waals surface area contributed by atoms with Crippen molar-refractivity contribution in [3.8, 4) is 0 Å². The zero-order valence-corrected chi connectivity index (χ0v) is 11.6. The predicted molar refractivity (Wildman–Crippen MR) is 74.4 cm³/mol. The van der Waals surface area contributed by atoms with Crippen LogP contribution < -0.4 is 5.32 Å². The third kappa shape index (κ3) is 3.46. The maximum atomic E-state index is 13.0. The van der Waals surface area contributed by atoms with Crippen molar-refractivity contribution in [1.82, 2.24) is 5.32 Å². The van der Waals surface area contributed by atoms with E-state index in [0.717, 1.165) is 18.0 Å². The molecule has 1 aromatic rings. The molecule has 0 radical (unpaired) electrons. The Morgan fingerprint density at radius 2 is 2.11 bits per heavy atom. The minimum absolute atomic E-state index is 0.160. The fourth-order valence-corrected chi connectivity index (χ4v) is 3.13. The van der Waals surface area contributed by atoms with Crippen LogP contribution in [0, 0.1) is 18.7 Å². The van der Waals surface area contributed by atoms with Gasteiger partial charge in [-0.2, -0.15) is 0 Å². The van der Waals surface area contributed by atoms with Crippen molar-refractivity contribution in [1.29, 1.82) is 0 Å². The summed E-state index contributed by atoms with van der Waals surface area (Å²) >= 11 is 6.02. The third-order valence-electron chi connectivity index (χ3n) is 3.97. The minimum atomic E-state index is -0.160. The molecule has 1 aliphatic carbocycles. The molecule has 1 aromatic carbocycles. The van der Waals surface area contributed by atoms with Gasteiger partial charge < -0.3 is 5.32 Å². The monoisotopic (exact) mass is 269 g/mol. The van der Waals surface area contributed by atoms with Crippen LogP contribution in [0.4, 0.5) is 4.39 Å². The molecular formula is C15H21ClFN. The first-order valence-corrected chi connectivity index (χ1v) is 7.28. The van der Waals surface area contributed by atoms with Gasteiger partial charge >= 0.3 is 0 Å². The maximum absolute atomic E-state index is 13.0. The zero-order chi connectivity index (χ0) is 13.0. The van der Waals surface area contributed by atoms with Gasteiger partial charge in [0.05, 0.1) is 0 Å². The summed E-state index contributed by atoms with van der Waals surface area (Å²) in [6.45, 7) is 2.77. The SMILES string of the molecule is Cc1cc(F)ccc1CNC1CCCCC1CCl. The Balaban J connectivity index is 1.93. The molecule has 0 saturated heterocycles. The van der Waals surface area contributed by atoms with Crippen molar-refractivity contribution >= 4 is 11.6 Å². The molecule has 0 bridgehead atoms. The van der Waals surface area contributed by atoms with E-state index in [1.54, 1.807) is 6.07 Å². The molecule has 1 saturated carbocycles. The molecule has 2 unspecified atom stereocenters. The van der Waals surface area contributed by atoms with Gasteiger partial charge in [-0.25, -0.2) is 4.39 Å². The van der Waals surface area contributed by atoms with Crippen LogP contribution in [0.3, 0.4) is 0 Å². The third-order valence-corrected chi connectivity index (χ3v) is 4.36. The molecule has 2 rings (SSSR count). The first-order chi connectivity index (χ1) is 8.70. The van der Waals surface area contributed by atoms with Crippen LogP contribution in [0.2, 0.25) is 0 Å². The van der Waals surface area contributed by atoms with Crippen molar-refractivity contribution in [2.75, 3.05) is 5.88 Å². The molecule has 3 heteroatoms. The Bertz CT molecular complexity index is 394. The van der Waals surface area contributed by atoms with Crippen LogP contribution >= 0.6 is 11.6 Å². The van der Waals surface area contributed by atoms with Crippen molar-refractivity contribution < 1.29 is 4.39 Å². The van der Waals surface area contributed by atoms with Gasteiger partial charge in [0.1, 0.15) is 5.82 Å². The van der Waals surface area contributed by atoms with Crippen molar-refractivity contribution in [2.45, 2.75) is 45.2 Å². The van der Waals surface area contributed by atoms with E-state index >= 15 is 0 Å². The minimum Gasteiger partial charge on any atom is -0.310 e. The van der Waals surface area contributed by atoms with Crippen LogP contribution in [0.1, 0.15) is 36.8 Å². The van der Waals surface area contributed by atoms with Gasteiger partial charge in [0.25, 0.3) is 0 Å². The summed E-state index contributed by atoms with van der Waals surface area (Å²) in [4.78, 5) is 0. The molecule has 2 atom stereocenters. The second-order valence-corrected chi connectivity index (χ2v) is 5.57. The summed E-state index contributed by atoms with van der Waals surface area (Å²) < 4.78 is 13.0. The van der Waals surface area contributed by atoms with E-state index in [1.165, 1.54) is 37.3 Å². The van der Waals surface area contributed by atoms with Gasteiger partial charge in [-0.15, -0.1) is 11.6 Å².